The van der Waals surface area contributed by atoms with Gasteiger partial charge in [-0.05, 0) is 44.5 Å². The highest BCUT2D eigenvalue weighted by molar-refractivity contribution is 5.97. The molecule has 0 saturated heterocycles. The maximum atomic E-state index is 12.6. The standard InChI is InChI=1S/C22H24N6O2/c1-15-4-5-17(13-23-15)19-7-6-18(14-24-19)25-20(29)8-9-22(30)27-10-3-11-28-21(27)12-16(2)26-28/h4-7,12-14H,3,8-11H2,1-2H3,(H,25,29). The van der Waals surface area contributed by atoms with Gasteiger partial charge in [-0.3, -0.25) is 24.5 Å². The van der Waals surface area contributed by atoms with Crippen LogP contribution in [0.5, 0.6) is 0 Å². The first kappa shape index (κ1) is 19.8. The second kappa shape index (κ2) is 8.44. The minimum Gasteiger partial charge on any atom is -0.325 e. The van der Waals surface area contributed by atoms with Gasteiger partial charge in [-0.25, -0.2) is 4.68 Å². The summed E-state index contributed by atoms with van der Waals surface area (Å²) in [5.41, 5.74) is 4.14. The Morgan fingerprint density at radius 3 is 2.60 bits per heavy atom. The molecule has 0 bridgehead atoms. The summed E-state index contributed by atoms with van der Waals surface area (Å²) >= 11 is 0. The fraction of sp³-hybridized carbons (Fsp3) is 0.318. The maximum absolute atomic E-state index is 12.6. The molecule has 4 rings (SSSR count). The van der Waals surface area contributed by atoms with E-state index in [1.165, 1.54) is 0 Å². The summed E-state index contributed by atoms with van der Waals surface area (Å²) in [4.78, 5) is 35.3. The molecule has 0 aliphatic carbocycles. The van der Waals surface area contributed by atoms with E-state index >= 15 is 0 Å². The van der Waals surface area contributed by atoms with Crippen LogP contribution >= 0.6 is 0 Å². The van der Waals surface area contributed by atoms with Gasteiger partial charge < -0.3 is 5.32 Å². The zero-order valence-corrected chi connectivity index (χ0v) is 17.1. The number of aryl methyl sites for hydroxylation is 3. The molecule has 154 valence electrons. The number of anilines is 2. The highest BCUT2D eigenvalue weighted by Crippen LogP contribution is 2.23. The number of fused-ring (bicyclic) bond motifs is 1. The number of carbonyl (C=O) groups is 2. The van der Waals surface area contributed by atoms with Crippen LogP contribution in [0.4, 0.5) is 11.5 Å². The van der Waals surface area contributed by atoms with E-state index in [9.17, 15) is 9.59 Å². The Labute approximate surface area is 175 Å². The van der Waals surface area contributed by atoms with Crippen molar-refractivity contribution in [3.05, 3.63) is 54.1 Å². The van der Waals surface area contributed by atoms with Gasteiger partial charge in [0.15, 0.2) is 0 Å². The van der Waals surface area contributed by atoms with Crippen LogP contribution in [-0.2, 0) is 16.1 Å². The Kier molecular flexibility index (Phi) is 5.56. The van der Waals surface area contributed by atoms with E-state index in [4.69, 9.17) is 0 Å². The van der Waals surface area contributed by atoms with Gasteiger partial charge in [-0.15, -0.1) is 0 Å². The molecular formula is C22H24N6O2. The normalized spacial score (nSPS) is 13.1. The molecule has 8 heteroatoms. The number of hydrogen-bond acceptors (Lipinski definition) is 5. The SMILES string of the molecule is Cc1ccc(-c2ccc(NC(=O)CCC(=O)N3CCCn4nc(C)cc43)cn2)cn1. The second-order valence-electron chi connectivity index (χ2n) is 7.43. The van der Waals surface area contributed by atoms with Gasteiger partial charge in [0.2, 0.25) is 11.8 Å². The van der Waals surface area contributed by atoms with Crippen LogP contribution in [-0.4, -0.2) is 38.1 Å². The van der Waals surface area contributed by atoms with E-state index < -0.39 is 0 Å². The molecule has 0 atom stereocenters. The number of amides is 2. The number of aromatic nitrogens is 4. The van der Waals surface area contributed by atoms with Crippen molar-refractivity contribution < 1.29 is 9.59 Å². The molecule has 3 aromatic rings. The second-order valence-corrected chi connectivity index (χ2v) is 7.43. The van der Waals surface area contributed by atoms with Crippen molar-refractivity contribution in [1.29, 1.82) is 0 Å². The molecular weight excluding hydrogens is 380 g/mol. The van der Waals surface area contributed by atoms with Crippen molar-refractivity contribution in [3.63, 3.8) is 0 Å². The van der Waals surface area contributed by atoms with Gasteiger partial charge in [-0.2, -0.15) is 5.10 Å². The van der Waals surface area contributed by atoms with Gasteiger partial charge in [0.05, 0.1) is 23.3 Å². The first-order chi connectivity index (χ1) is 14.5. The predicted molar refractivity (Wildman–Crippen MR) is 114 cm³/mol. The number of nitrogens with one attached hydrogen (secondary N) is 1. The summed E-state index contributed by atoms with van der Waals surface area (Å²) in [6, 6.07) is 9.44. The van der Waals surface area contributed by atoms with E-state index in [0.717, 1.165) is 41.4 Å². The van der Waals surface area contributed by atoms with Crippen molar-refractivity contribution in [3.8, 4) is 11.3 Å². The van der Waals surface area contributed by atoms with E-state index in [1.807, 2.05) is 42.8 Å². The molecule has 0 unspecified atom stereocenters. The number of carbonyl (C=O) groups excluding carboxylic acids is 2. The molecule has 30 heavy (non-hydrogen) atoms. The van der Waals surface area contributed by atoms with Crippen LogP contribution in [0.25, 0.3) is 11.3 Å². The third kappa shape index (κ3) is 4.37. The molecule has 0 aromatic carbocycles. The Morgan fingerprint density at radius 1 is 1.00 bits per heavy atom. The molecule has 1 aliphatic rings. The minimum atomic E-state index is -0.211. The van der Waals surface area contributed by atoms with Crippen LogP contribution in [0.3, 0.4) is 0 Å². The Morgan fingerprint density at radius 2 is 1.87 bits per heavy atom. The molecule has 8 nitrogen and oxygen atoms in total. The third-order valence-corrected chi connectivity index (χ3v) is 5.03. The van der Waals surface area contributed by atoms with Gasteiger partial charge in [0.1, 0.15) is 5.82 Å². The topological polar surface area (TPSA) is 93.0 Å². The van der Waals surface area contributed by atoms with Gasteiger partial charge >= 0.3 is 0 Å². The van der Waals surface area contributed by atoms with Crippen molar-refractivity contribution in [2.24, 2.45) is 0 Å². The Bertz CT molecular complexity index is 1060. The molecule has 0 radical (unpaired) electrons. The van der Waals surface area contributed by atoms with Crippen molar-refractivity contribution >= 4 is 23.3 Å². The molecule has 3 aromatic heterocycles. The number of rotatable bonds is 5. The van der Waals surface area contributed by atoms with Gasteiger partial charge in [-0.1, -0.05) is 0 Å². The molecule has 0 fully saturated rings. The summed E-state index contributed by atoms with van der Waals surface area (Å²) in [5.74, 6) is 0.539. The third-order valence-electron chi connectivity index (χ3n) is 5.03. The monoisotopic (exact) mass is 404 g/mol. The fourth-order valence-electron chi connectivity index (χ4n) is 3.50. The van der Waals surface area contributed by atoms with E-state index in [0.29, 0.717) is 12.2 Å². The number of nitrogens with zero attached hydrogens (tertiary/aromatic N) is 5. The lowest BCUT2D eigenvalue weighted by Crippen LogP contribution is -2.37. The molecule has 1 N–H and O–H groups in total. The van der Waals surface area contributed by atoms with E-state index in [-0.39, 0.29) is 24.7 Å². The van der Waals surface area contributed by atoms with Crippen molar-refractivity contribution in [2.45, 2.75) is 39.7 Å². The number of pyridine rings is 2. The average molecular weight is 404 g/mol. The lowest BCUT2D eigenvalue weighted by atomic mass is 10.2. The fourth-order valence-corrected chi connectivity index (χ4v) is 3.50. The lowest BCUT2D eigenvalue weighted by Gasteiger charge is -2.27. The summed E-state index contributed by atoms with van der Waals surface area (Å²) < 4.78 is 1.85. The molecule has 4 heterocycles. The summed E-state index contributed by atoms with van der Waals surface area (Å²) in [6.07, 6.45) is 4.51. The Balaban J connectivity index is 1.32. The zero-order valence-electron chi connectivity index (χ0n) is 17.1. The van der Waals surface area contributed by atoms with Gasteiger partial charge in [0, 0.05) is 49.5 Å². The first-order valence-corrected chi connectivity index (χ1v) is 10.0. The predicted octanol–water partition coefficient (Wildman–Crippen LogP) is 3.11. The smallest absolute Gasteiger partial charge is 0.228 e. The molecule has 1 aliphatic heterocycles. The van der Waals surface area contributed by atoms with Crippen LogP contribution < -0.4 is 10.2 Å². The van der Waals surface area contributed by atoms with Crippen LogP contribution in [0, 0.1) is 13.8 Å². The van der Waals surface area contributed by atoms with E-state index in [1.54, 1.807) is 23.4 Å². The maximum Gasteiger partial charge on any atom is 0.228 e. The lowest BCUT2D eigenvalue weighted by molar-refractivity contribution is -0.122. The van der Waals surface area contributed by atoms with Crippen LogP contribution in [0.2, 0.25) is 0 Å². The Hall–Kier alpha value is -3.55. The molecule has 2 amide bonds. The molecule has 0 spiro atoms. The minimum absolute atomic E-state index is 0.0636. The van der Waals surface area contributed by atoms with Crippen LogP contribution in [0.15, 0.2) is 42.7 Å². The number of hydrogen-bond donors (Lipinski definition) is 1. The quantitative estimate of drug-likeness (QED) is 0.705. The van der Waals surface area contributed by atoms with Crippen LogP contribution in [0.1, 0.15) is 30.7 Å². The zero-order chi connectivity index (χ0) is 21.1. The molecule has 0 saturated carbocycles. The average Bonchev–Trinajstić information content (AvgIpc) is 3.13. The summed E-state index contributed by atoms with van der Waals surface area (Å²) in [5, 5.41) is 7.21. The largest absolute Gasteiger partial charge is 0.325 e. The van der Waals surface area contributed by atoms with Crippen molar-refractivity contribution in [2.75, 3.05) is 16.8 Å². The first-order valence-electron chi connectivity index (χ1n) is 10.0. The van der Waals surface area contributed by atoms with Crippen molar-refractivity contribution in [1.82, 2.24) is 19.7 Å². The summed E-state index contributed by atoms with van der Waals surface area (Å²) in [6.45, 7) is 5.32. The highest BCUT2D eigenvalue weighted by atomic mass is 16.2. The van der Waals surface area contributed by atoms with Gasteiger partial charge in [0.25, 0.3) is 0 Å². The highest BCUT2D eigenvalue weighted by Gasteiger charge is 2.24. The van der Waals surface area contributed by atoms with E-state index in [2.05, 4.69) is 20.4 Å². The summed E-state index contributed by atoms with van der Waals surface area (Å²) in [7, 11) is 0.